The Bertz CT molecular complexity index is 1170. The number of rotatable bonds is 4. The van der Waals surface area contributed by atoms with Gasteiger partial charge in [0, 0.05) is 38.3 Å². The van der Waals surface area contributed by atoms with Crippen LogP contribution >= 0.6 is 0 Å². The fourth-order valence-corrected chi connectivity index (χ4v) is 3.83. The van der Waals surface area contributed by atoms with Crippen LogP contribution in [0.5, 0.6) is 0 Å². The van der Waals surface area contributed by atoms with E-state index in [9.17, 15) is 18.4 Å². The number of halogens is 2. The minimum absolute atomic E-state index is 0.104. The van der Waals surface area contributed by atoms with Crippen LogP contribution in [0.2, 0.25) is 0 Å². The number of alkyl halides is 2. The average molecular weight is 416 g/mol. The van der Waals surface area contributed by atoms with E-state index < -0.39 is 5.92 Å². The molecule has 1 fully saturated rings. The van der Waals surface area contributed by atoms with Gasteiger partial charge in [0.2, 0.25) is 5.91 Å². The van der Waals surface area contributed by atoms with Crippen LogP contribution < -0.4 is 10.9 Å². The zero-order valence-corrected chi connectivity index (χ0v) is 16.7. The number of aryl methyl sites for hydroxylation is 1. The number of aromatic nitrogens is 2. The smallest absolute Gasteiger partial charge is 0.261 e. The number of carbonyl (C=O) groups is 1. The van der Waals surface area contributed by atoms with Gasteiger partial charge in [-0.15, -0.1) is 0 Å². The van der Waals surface area contributed by atoms with Crippen LogP contribution in [0.15, 0.2) is 39.8 Å². The fourth-order valence-electron chi connectivity index (χ4n) is 3.83. The lowest BCUT2D eigenvalue weighted by Crippen LogP contribution is -2.41. The van der Waals surface area contributed by atoms with Crippen LogP contribution in [0.25, 0.3) is 22.1 Å². The van der Waals surface area contributed by atoms with Crippen molar-refractivity contribution in [3.8, 4) is 11.1 Å². The number of pyridine rings is 2. The molecule has 0 bridgehead atoms. The van der Waals surface area contributed by atoms with Gasteiger partial charge in [0.25, 0.3) is 11.5 Å². The molecule has 30 heavy (non-hydrogen) atoms. The molecule has 0 aliphatic carbocycles. The molecule has 0 unspecified atom stereocenters. The fraction of sp³-hybridized carbons (Fsp3) is 0.381. The zero-order chi connectivity index (χ0) is 21.5. The monoisotopic (exact) mass is 416 g/mol. The van der Waals surface area contributed by atoms with E-state index in [1.54, 1.807) is 42.5 Å². The first-order valence-corrected chi connectivity index (χ1v) is 9.68. The van der Waals surface area contributed by atoms with Gasteiger partial charge < -0.3 is 14.3 Å². The number of likely N-dealkylation sites (tertiary alicyclic amines) is 1. The Morgan fingerprint density at radius 3 is 2.90 bits per heavy atom. The summed E-state index contributed by atoms with van der Waals surface area (Å²) in [6.45, 7) is 1.84. The number of piperidine rings is 1. The quantitative estimate of drug-likeness (QED) is 0.705. The van der Waals surface area contributed by atoms with Gasteiger partial charge in [-0.1, -0.05) is 0 Å². The van der Waals surface area contributed by atoms with Crippen LogP contribution in [-0.2, 0) is 18.4 Å². The summed E-state index contributed by atoms with van der Waals surface area (Å²) in [5.41, 5.74) is 1.51. The van der Waals surface area contributed by atoms with E-state index in [0.29, 0.717) is 46.6 Å². The van der Waals surface area contributed by atoms with E-state index in [-0.39, 0.29) is 31.0 Å². The van der Waals surface area contributed by atoms with Crippen molar-refractivity contribution in [3.05, 3.63) is 46.7 Å². The molecule has 158 valence electrons. The summed E-state index contributed by atoms with van der Waals surface area (Å²) in [7, 11) is 1.64. The van der Waals surface area contributed by atoms with E-state index in [2.05, 4.69) is 10.3 Å². The summed E-state index contributed by atoms with van der Waals surface area (Å²) < 4.78 is 34.9. The maximum Gasteiger partial charge on any atom is 0.261 e. The summed E-state index contributed by atoms with van der Waals surface area (Å²) >= 11 is 0. The van der Waals surface area contributed by atoms with Gasteiger partial charge in [-0.2, -0.15) is 0 Å². The van der Waals surface area contributed by atoms with Gasteiger partial charge in [-0.3, -0.25) is 14.5 Å². The Balaban J connectivity index is 1.74. The highest BCUT2D eigenvalue weighted by atomic mass is 19.3. The van der Waals surface area contributed by atoms with Crippen molar-refractivity contribution in [2.75, 3.05) is 18.4 Å². The Labute approximate surface area is 171 Å². The number of nitrogens with zero attached hydrogens (tertiary/aromatic N) is 3. The number of hydrogen-bond donors (Lipinski definition) is 1. The van der Waals surface area contributed by atoms with Crippen molar-refractivity contribution in [1.82, 2.24) is 14.5 Å². The summed E-state index contributed by atoms with van der Waals surface area (Å²) in [5, 5.41) is 3.01. The second-order valence-electron chi connectivity index (χ2n) is 7.70. The third-order valence-corrected chi connectivity index (χ3v) is 5.13. The van der Waals surface area contributed by atoms with Crippen molar-refractivity contribution in [1.29, 1.82) is 0 Å². The third-order valence-electron chi connectivity index (χ3n) is 5.13. The van der Waals surface area contributed by atoms with E-state index in [4.69, 9.17) is 4.42 Å². The molecule has 3 aromatic rings. The van der Waals surface area contributed by atoms with Crippen LogP contribution in [0.4, 0.5) is 14.6 Å². The molecule has 3 aromatic heterocycles. The highest BCUT2D eigenvalue weighted by Gasteiger charge is 2.35. The molecule has 0 radical (unpaired) electrons. The summed E-state index contributed by atoms with van der Waals surface area (Å²) in [6, 6.07) is 5.07. The molecule has 9 heteroatoms. The molecule has 0 aromatic carbocycles. The molecule has 7 nitrogen and oxygen atoms in total. The molecule has 1 aliphatic heterocycles. The van der Waals surface area contributed by atoms with E-state index in [0.717, 1.165) is 0 Å². The lowest BCUT2D eigenvalue weighted by atomic mass is 10.1. The minimum Gasteiger partial charge on any atom is -0.459 e. The highest BCUT2D eigenvalue weighted by Crippen LogP contribution is 2.32. The lowest BCUT2D eigenvalue weighted by Gasteiger charge is -2.31. The van der Waals surface area contributed by atoms with Gasteiger partial charge in [-0.25, -0.2) is 13.8 Å². The maximum absolute atomic E-state index is 13.7. The minimum atomic E-state index is -2.71. The molecular weight excluding hydrogens is 394 g/mol. The highest BCUT2D eigenvalue weighted by molar-refractivity contribution is 5.93. The topological polar surface area (TPSA) is 80.4 Å². The normalized spacial score (nSPS) is 16.7. The van der Waals surface area contributed by atoms with Crippen LogP contribution in [0.3, 0.4) is 0 Å². The van der Waals surface area contributed by atoms with Gasteiger partial charge >= 0.3 is 0 Å². The molecule has 0 saturated carbocycles. The van der Waals surface area contributed by atoms with Gasteiger partial charge in [0.1, 0.15) is 17.2 Å². The number of carbonyl (C=O) groups excluding carboxylic acids is 1. The maximum atomic E-state index is 13.7. The number of fused-ring (bicyclic) bond motifs is 1. The molecule has 4 rings (SSSR count). The van der Waals surface area contributed by atoms with Crippen molar-refractivity contribution < 1.29 is 18.0 Å². The average Bonchev–Trinajstić information content (AvgIpc) is 3.07. The number of amides is 1. The molecule has 0 atom stereocenters. The summed E-state index contributed by atoms with van der Waals surface area (Å²) in [5.74, 6) is -2.11. The lowest BCUT2D eigenvalue weighted by molar-refractivity contribution is -0.114. The Kier molecular flexibility index (Phi) is 5.15. The molecule has 1 aliphatic rings. The van der Waals surface area contributed by atoms with Crippen molar-refractivity contribution in [3.63, 3.8) is 0 Å². The molecule has 4 heterocycles. The Morgan fingerprint density at radius 1 is 1.37 bits per heavy atom. The molecule has 0 spiro atoms. The van der Waals surface area contributed by atoms with Crippen molar-refractivity contribution >= 4 is 22.7 Å². The third kappa shape index (κ3) is 4.11. The number of anilines is 1. The van der Waals surface area contributed by atoms with Crippen LogP contribution in [-0.4, -0.2) is 39.4 Å². The van der Waals surface area contributed by atoms with Gasteiger partial charge in [-0.05, 0) is 36.7 Å². The van der Waals surface area contributed by atoms with Crippen LogP contribution in [0.1, 0.15) is 25.5 Å². The summed E-state index contributed by atoms with van der Waals surface area (Å²) in [6.07, 6.45) is 3.52. The SMILES string of the molecule is CC(=O)Nc1cc(-c2cn(C)c(=O)c3cc(CN4CCCC(F)(F)C4)oc23)ccn1. The number of hydrogen-bond acceptors (Lipinski definition) is 5. The Morgan fingerprint density at radius 2 is 2.17 bits per heavy atom. The van der Waals surface area contributed by atoms with Crippen molar-refractivity contribution in [2.24, 2.45) is 7.05 Å². The largest absolute Gasteiger partial charge is 0.459 e. The second-order valence-corrected chi connectivity index (χ2v) is 7.70. The number of nitrogens with one attached hydrogen (secondary N) is 1. The molecular formula is C21H22F2N4O3. The van der Waals surface area contributed by atoms with Crippen LogP contribution in [0, 0.1) is 0 Å². The first-order chi connectivity index (χ1) is 14.2. The standard InChI is InChI=1S/C21H22F2N4O3/c1-13(28)25-18-8-14(4-6-24-18)17-11-26(2)20(29)16-9-15(30-19(16)17)10-27-7-3-5-21(22,23)12-27/h4,6,8-9,11H,3,5,7,10,12H2,1-2H3,(H,24,25,28). The summed E-state index contributed by atoms with van der Waals surface area (Å²) in [4.78, 5) is 29.7. The molecule has 1 amide bonds. The zero-order valence-electron chi connectivity index (χ0n) is 16.7. The van der Waals surface area contributed by atoms with Gasteiger partial charge in [0.05, 0.1) is 18.5 Å². The molecule has 1 N–H and O–H groups in total. The Hall–Kier alpha value is -3.07. The second kappa shape index (κ2) is 7.64. The van der Waals surface area contributed by atoms with Gasteiger partial charge in [0.15, 0.2) is 0 Å². The predicted molar refractivity (Wildman–Crippen MR) is 108 cm³/mol. The van der Waals surface area contributed by atoms with E-state index >= 15 is 0 Å². The van der Waals surface area contributed by atoms with Crippen molar-refractivity contribution in [2.45, 2.75) is 32.2 Å². The molecule has 1 saturated heterocycles. The first-order valence-electron chi connectivity index (χ1n) is 9.68. The first kappa shape index (κ1) is 20.2. The predicted octanol–water partition coefficient (Wildman–Crippen LogP) is 3.38. The van der Waals surface area contributed by atoms with E-state index in [1.807, 2.05) is 0 Å². The number of furan rings is 1. The van der Waals surface area contributed by atoms with E-state index in [1.165, 1.54) is 11.5 Å².